The zero-order valence-electron chi connectivity index (χ0n) is 17.1. The number of carbonyl (C=O) groups excluding carboxylic acids is 1. The number of phenols is 2. The van der Waals surface area contributed by atoms with E-state index >= 15 is 0 Å². The Morgan fingerprint density at radius 1 is 1.06 bits per heavy atom. The monoisotopic (exact) mass is 443 g/mol. The Labute approximate surface area is 183 Å². The molecular formula is C22H21NO7S. The van der Waals surface area contributed by atoms with Crippen LogP contribution < -0.4 is 9.47 Å². The maximum Gasteiger partial charge on any atom is 0.344 e. The maximum atomic E-state index is 12.5. The number of hydrogen-bond donors (Lipinski definition) is 3. The Balaban J connectivity index is 2.08. The van der Waals surface area contributed by atoms with E-state index in [4.69, 9.17) is 14.2 Å². The molecule has 1 aliphatic rings. The lowest BCUT2D eigenvalue weighted by Gasteiger charge is -2.08. The number of ether oxygens (including phenoxy) is 3. The van der Waals surface area contributed by atoms with Crippen molar-refractivity contribution in [2.75, 3.05) is 20.8 Å². The molecule has 162 valence electrons. The molecule has 2 aromatic rings. The quantitative estimate of drug-likeness (QED) is 0.447. The van der Waals surface area contributed by atoms with Crippen molar-refractivity contribution in [2.45, 2.75) is 6.92 Å². The third-order valence-corrected chi connectivity index (χ3v) is 5.29. The Kier molecular flexibility index (Phi) is 6.76. The van der Waals surface area contributed by atoms with Crippen molar-refractivity contribution in [3.8, 4) is 23.0 Å². The summed E-state index contributed by atoms with van der Waals surface area (Å²) < 4.78 is 15.6. The maximum absolute atomic E-state index is 12.5. The number of methoxy groups -OCH3 is 2. The molecule has 1 heterocycles. The Bertz CT molecular complexity index is 1110. The van der Waals surface area contributed by atoms with E-state index < -0.39 is 5.97 Å². The van der Waals surface area contributed by atoms with E-state index in [9.17, 15) is 20.1 Å². The van der Waals surface area contributed by atoms with Crippen LogP contribution in [0.4, 0.5) is 5.69 Å². The summed E-state index contributed by atoms with van der Waals surface area (Å²) in [5, 5.41) is 30.7. The number of aliphatic hydroxyl groups is 1. The van der Waals surface area contributed by atoms with Gasteiger partial charge in [0, 0.05) is 11.6 Å². The van der Waals surface area contributed by atoms with Crippen LogP contribution in [-0.2, 0) is 9.53 Å². The first-order chi connectivity index (χ1) is 14.9. The van der Waals surface area contributed by atoms with Gasteiger partial charge in [0.05, 0.1) is 31.4 Å². The predicted molar refractivity (Wildman–Crippen MR) is 118 cm³/mol. The van der Waals surface area contributed by atoms with Crippen LogP contribution in [0.25, 0.3) is 6.08 Å². The highest BCUT2D eigenvalue weighted by atomic mass is 32.2. The highest BCUT2D eigenvalue weighted by Crippen LogP contribution is 2.42. The predicted octanol–water partition coefficient (Wildman–Crippen LogP) is 4.31. The molecule has 0 saturated carbocycles. The molecule has 2 aromatic carbocycles. The fourth-order valence-corrected chi connectivity index (χ4v) is 3.83. The largest absolute Gasteiger partial charge is 0.508 e. The van der Waals surface area contributed by atoms with Gasteiger partial charge < -0.3 is 29.5 Å². The Morgan fingerprint density at radius 3 is 2.48 bits per heavy atom. The third kappa shape index (κ3) is 4.77. The molecule has 0 aromatic heterocycles. The van der Waals surface area contributed by atoms with Gasteiger partial charge in [0.15, 0.2) is 11.5 Å². The number of carbonyl (C=O) groups is 1. The first-order valence-electron chi connectivity index (χ1n) is 9.21. The normalized spacial score (nSPS) is 16.1. The fourth-order valence-electron chi connectivity index (χ4n) is 2.80. The molecule has 0 atom stereocenters. The second-order valence-electron chi connectivity index (χ2n) is 6.25. The topological polar surface area (TPSA) is 118 Å². The smallest absolute Gasteiger partial charge is 0.344 e. The van der Waals surface area contributed by atoms with Crippen molar-refractivity contribution < 1.29 is 34.3 Å². The zero-order chi connectivity index (χ0) is 22.5. The van der Waals surface area contributed by atoms with E-state index in [-0.39, 0.29) is 45.0 Å². The summed E-state index contributed by atoms with van der Waals surface area (Å²) in [6, 6.07) is 8.99. The number of hydrogen-bond acceptors (Lipinski definition) is 9. The summed E-state index contributed by atoms with van der Waals surface area (Å²) in [5.74, 6) is -0.226. The van der Waals surface area contributed by atoms with Crippen molar-refractivity contribution in [3.63, 3.8) is 0 Å². The third-order valence-electron chi connectivity index (χ3n) is 4.27. The van der Waals surface area contributed by atoms with Crippen LogP contribution in [0.3, 0.4) is 0 Å². The molecule has 8 nitrogen and oxygen atoms in total. The molecule has 0 unspecified atom stereocenters. The molecular weight excluding hydrogens is 422 g/mol. The number of aromatic hydroxyl groups is 2. The average Bonchev–Trinajstić information content (AvgIpc) is 3.05. The van der Waals surface area contributed by atoms with Crippen LogP contribution in [-0.4, -0.2) is 47.2 Å². The number of aliphatic hydroxyl groups excluding tert-OH is 1. The fraction of sp³-hybridized carbons (Fsp3) is 0.182. The number of esters is 1. The molecule has 0 amide bonds. The highest BCUT2D eigenvalue weighted by Gasteiger charge is 2.33. The van der Waals surface area contributed by atoms with Crippen LogP contribution in [0.15, 0.2) is 57.6 Å². The minimum absolute atomic E-state index is 0.0547. The van der Waals surface area contributed by atoms with E-state index in [1.54, 1.807) is 25.1 Å². The Hall–Kier alpha value is -3.59. The summed E-state index contributed by atoms with van der Waals surface area (Å²) in [6.07, 6.45) is 1.45. The molecule has 9 heteroatoms. The van der Waals surface area contributed by atoms with Crippen molar-refractivity contribution in [3.05, 3.63) is 58.2 Å². The van der Waals surface area contributed by atoms with Crippen molar-refractivity contribution in [2.24, 2.45) is 4.99 Å². The lowest BCUT2D eigenvalue weighted by Crippen LogP contribution is -2.12. The number of aliphatic imine (C=N–C) groups is 1. The zero-order valence-corrected chi connectivity index (χ0v) is 17.9. The summed E-state index contributed by atoms with van der Waals surface area (Å²) >= 11 is 1.03. The number of phenolic OH excluding ortho intramolecular Hbond substituents is 2. The molecule has 0 fully saturated rings. The number of rotatable bonds is 6. The first-order valence-corrected chi connectivity index (χ1v) is 10.0. The van der Waals surface area contributed by atoms with Gasteiger partial charge in [0.1, 0.15) is 27.9 Å². The van der Waals surface area contributed by atoms with Gasteiger partial charge >= 0.3 is 5.97 Å². The van der Waals surface area contributed by atoms with Gasteiger partial charge in [-0.25, -0.2) is 9.79 Å². The van der Waals surface area contributed by atoms with Gasteiger partial charge in [-0.15, -0.1) is 0 Å². The molecule has 0 spiro atoms. The van der Waals surface area contributed by atoms with E-state index in [0.717, 1.165) is 11.8 Å². The van der Waals surface area contributed by atoms with Crippen LogP contribution >= 0.6 is 11.8 Å². The summed E-state index contributed by atoms with van der Waals surface area (Å²) in [4.78, 5) is 17.3. The van der Waals surface area contributed by atoms with Crippen LogP contribution in [0, 0.1) is 0 Å². The minimum atomic E-state index is -0.727. The average molecular weight is 443 g/mol. The van der Waals surface area contributed by atoms with Crippen molar-refractivity contribution in [1.29, 1.82) is 0 Å². The van der Waals surface area contributed by atoms with E-state index in [2.05, 4.69) is 4.99 Å². The molecule has 3 rings (SSSR count). The molecule has 0 radical (unpaired) electrons. The molecule has 0 aliphatic carbocycles. The second-order valence-corrected chi connectivity index (χ2v) is 7.28. The highest BCUT2D eigenvalue weighted by molar-refractivity contribution is 8.18. The molecule has 31 heavy (non-hydrogen) atoms. The van der Waals surface area contributed by atoms with E-state index in [1.807, 2.05) is 0 Å². The summed E-state index contributed by atoms with van der Waals surface area (Å²) in [7, 11) is 3.02. The van der Waals surface area contributed by atoms with E-state index in [0.29, 0.717) is 17.2 Å². The molecule has 1 aliphatic heterocycles. The second kappa shape index (κ2) is 9.48. The van der Waals surface area contributed by atoms with Gasteiger partial charge in [-0.05, 0) is 43.3 Å². The number of benzene rings is 2. The van der Waals surface area contributed by atoms with E-state index in [1.165, 1.54) is 38.5 Å². The van der Waals surface area contributed by atoms with Crippen LogP contribution in [0.1, 0.15) is 12.5 Å². The van der Waals surface area contributed by atoms with Gasteiger partial charge in [-0.1, -0.05) is 11.8 Å². The van der Waals surface area contributed by atoms with Gasteiger partial charge in [-0.3, -0.25) is 0 Å². The molecule has 0 saturated heterocycles. The standard InChI is InChI=1S/C22H21NO7S/c1-4-30-22(27)19-20(26)18(10-12-9-14(24)6-7-15(12)25)31-21(19)23-13-5-8-16(28-2)17(11-13)29-3/h5-11,24-26H,4H2,1-3H3. The van der Waals surface area contributed by atoms with Gasteiger partial charge in [0.25, 0.3) is 0 Å². The number of thioether (sulfide) groups is 1. The van der Waals surface area contributed by atoms with Gasteiger partial charge in [0.2, 0.25) is 0 Å². The first kappa shape index (κ1) is 22.1. The molecule has 3 N–H and O–H groups in total. The van der Waals surface area contributed by atoms with Gasteiger partial charge in [-0.2, -0.15) is 0 Å². The lowest BCUT2D eigenvalue weighted by molar-refractivity contribution is -0.138. The van der Waals surface area contributed by atoms with Crippen molar-refractivity contribution in [1.82, 2.24) is 0 Å². The minimum Gasteiger partial charge on any atom is -0.508 e. The lowest BCUT2D eigenvalue weighted by atomic mass is 10.1. The summed E-state index contributed by atoms with van der Waals surface area (Å²) in [6.45, 7) is 1.78. The van der Waals surface area contributed by atoms with Crippen LogP contribution in [0.5, 0.6) is 23.0 Å². The summed E-state index contributed by atoms with van der Waals surface area (Å²) in [5.41, 5.74) is 0.647. The SMILES string of the molecule is CCOC(=O)C1=C(O)C(=Cc2cc(O)ccc2O)SC1=Nc1ccc(OC)c(OC)c1. The number of nitrogens with zero attached hydrogens (tertiary/aromatic N) is 1. The van der Waals surface area contributed by atoms with Crippen molar-refractivity contribution >= 4 is 34.5 Å². The molecule has 0 bridgehead atoms. The van der Waals surface area contributed by atoms with Crippen LogP contribution in [0.2, 0.25) is 0 Å². The Morgan fingerprint density at radius 2 is 1.81 bits per heavy atom.